The molecular weight excluding hydrogens is 276 g/mol. The summed E-state index contributed by atoms with van der Waals surface area (Å²) < 4.78 is 0. The van der Waals surface area contributed by atoms with E-state index in [0.717, 1.165) is 24.6 Å². The molecule has 108 valence electrons. The second-order valence-corrected chi connectivity index (χ2v) is 5.15. The van der Waals surface area contributed by atoms with E-state index in [1.54, 1.807) is 0 Å². The highest BCUT2D eigenvalue weighted by molar-refractivity contribution is 5.99. The molecule has 0 spiro atoms. The Balaban J connectivity index is 1.86. The van der Waals surface area contributed by atoms with E-state index in [1.807, 2.05) is 6.08 Å². The number of hydrazone groups is 1. The van der Waals surface area contributed by atoms with Gasteiger partial charge in [0.25, 0.3) is 5.69 Å². The maximum Gasteiger partial charge on any atom is 0.301 e. The smallest absolute Gasteiger partial charge is 0.271 e. The van der Waals surface area contributed by atoms with Crippen LogP contribution < -0.4 is 5.43 Å². The highest BCUT2D eigenvalue weighted by Gasteiger charge is 2.34. The van der Waals surface area contributed by atoms with Crippen molar-refractivity contribution in [2.75, 3.05) is 5.43 Å². The van der Waals surface area contributed by atoms with Crippen molar-refractivity contribution in [3.63, 3.8) is 0 Å². The van der Waals surface area contributed by atoms with Gasteiger partial charge in [-0.1, -0.05) is 6.08 Å². The van der Waals surface area contributed by atoms with Gasteiger partial charge in [0.1, 0.15) is 5.69 Å². The molecule has 21 heavy (non-hydrogen) atoms. The minimum Gasteiger partial charge on any atom is -0.271 e. The Labute approximate surface area is 119 Å². The van der Waals surface area contributed by atoms with Crippen LogP contribution in [0.2, 0.25) is 0 Å². The molecule has 0 saturated heterocycles. The van der Waals surface area contributed by atoms with Gasteiger partial charge in [0, 0.05) is 12.0 Å². The summed E-state index contributed by atoms with van der Waals surface area (Å²) in [6.45, 7) is 0. The number of nitro benzene ring substituents is 2. The fraction of sp³-hybridized carbons (Fsp3) is 0.308. The monoisotopic (exact) mass is 288 g/mol. The number of nitrogens with one attached hydrogen (secondary N) is 1. The lowest BCUT2D eigenvalue weighted by atomic mass is 9.68. The summed E-state index contributed by atoms with van der Waals surface area (Å²) in [6, 6.07) is 3.45. The lowest BCUT2D eigenvalue weighted by Crippen LogP contribution is -2.33. The minimum atomic E-state index is -0.666. The number of nitro groups is 2. The zero-order valence-corrected chi connectivity index (χ0v) is 10.9. The summed E-state index contributed by atoms with van der Waals surface area (Å²) in [7, 11) is 0. The number of benzene rings is 1. The fourth-order valence-electron chi connectivity index (χ4n) is 2.56. The van der Waals surface area contributed by atoms with Gasteiger partial charge in [-0.05, 0) is 30.9 Å². The number of non-ortho nitro benzene ring substituents is 1. The largest absolute Gasteiger partial charge is 0.301 e. The Kier molecular flexibility index (Phi) is 3.13. The molecule has 0 aromatic heterocycles. The molecule has 0 atom stereocenters. The molecule has 1 fully saturated rings. The van der Waals surface area contributed by atoms with E-state index in [0.29, 0.717) is 11.8 Å². The van der Waals surface area contributed by atoms with Crippen molar-refractivity contribution < 1.29 is 9.85 Å². The number of hydrogen-bond donors (Lipinski definition) is 1. The minimum absolute atomic E-state index is 0.146. The molecule has 0 unspecified atom stereocenters. The van der Waals surface area contributed by atoms with Crippen LogP contribution >= 0.6 is 0 Å². The van der Waals surface area contributed by atoms with Gasteiger partial charge in [-0.25, -0.2) is 0 Å². The summed E-state index contributed by atoms with van der Waals surface area (Å²) in [5.74, 6) is 1.05. The molecule has 1 aromatic carbocycles. The molecule has 1 aromatic rings. The Morgan fingerprint density at radius 2 is 1.95 bits per heavy atom. The molecule has 0 heterocycles. The van der Waals surface area contributed by atoms with E-state index >= 15 is 0 Å². The van der Waals surface area contributed by atoms with E-state index in [1.165, 1.54) is 12.1 Å². The SMILES string of the molecule is O=[N+]([O-])c1ccc(N/N=C2/C=CC3CC2C3)c([N+](=O)[O-])c1. The first-order valence-electron chi connectivity index (χ1n) is 6.49. The van der Waals surface area contributed by atoms with Gasteiger partial charge in [0.15, 0.2) is 0 Å². The Morgan fingerprint density at radius 3 is 2.52 bits per heavy atom. The zero-order chi connectivity index (χ0) is 15.0. The van der Waals surface area contributed by atoms with Gasteiger partial charge in [-0.2, -0.15) is 5.10 Å². The van der Waals surface area contributed by atoms with Crippen molar-refractivity contribution in [1.82, 2.24) is 0 Å². The van der Waals surface area contributed by atoms with Crippen LogP contribution in [-0.2, 0) is 0 Å². The van der Waals surface area contributed by atoms with E-state index in [9.17, 15) is 20.2 Å². The summed E-state index contributed by atoms with van der Waals surface area (Å²) in [5.41, 5.74) is 2.99. The summed E-state index contributed by atoms with van der Waals surface area (Å²) >= 11 is 0. The van der Waals surface area contributed by atoms with E-state index in [4.69, 9.17) is 0 Å². The van der Waals surface area contributed by atoms with Gasteiger partial charge in [-0.3, -0.25) is 25.7 Å². The van der Waals surface area contributed by atoms with Crippen LogP contribution in [0, 0.1) is 32.1 Å². The number of allylic oxidation sites excluding steroid dienone is 2. The normalized spacial score (nSPS) is 24.5. The summed E-state index contributed by atoms with van der Waals surface area (Å²) in [6.07, 6.45) is 6.15. The standard InChI is InChI=1S/C13H12N4O4/c18-16(19)10-2-4-12(13(7-10)17(20)21)15-14-11-3-1-8-5-9(11)6-8/h1-4,7-9,15H,5-6H2/b14-11-. The average Bonchev–Trinajstić information content (AvgIpc) is 2.44. The molecule has 8 nitrogen and oxygen atoms in total. The molecule has 1 saturated carbocycles. The first-order chi connectivity index (χ1) is 10.0. The molecule has 0 radical (unpaired) electrons. The third-order valence-corrected chi connectivity index (χ3v) is 3.83. The Bertz CT molecular complexity index is 677. The van der Waals surface area contributed by atoms with Gasteiger partial charge in [0.05, 0.1) is 21.6 Å². The molecule has 4 rings (SSSR count). The molecule has 3 aliphatic carbocycles. The highest BCUT2D eigenvalue weighted by Crippen LogP contribution is 2.40. The number of nitrogens with zero attached hydrogens (tertiary/aromatic N) is 3. The van der Waals surface area contributed by atoms with Crippen molar-refractivity contribution in [3.8, 4) is 0 Å². The topological polar surface area (TPSA) is 111 Å². The van der Waals surface area contributed by atoms with Crippen molar-refractivity contribution >= 4 is 22.8 Å². The van der Waals surface area contributed by atoms with Crippen molar-refractivity contribution in [2.24, 2.45) is 16.9 Å². The number of anilines is 1. The zero-order valence-electron chi connectivity index (χ0n) is 10.9. The van der Waals surface area contributed by atoms with Crippen LogP contribution in [-0.4, -0.2) is 15.6 Å². The van der Waals surface area contributed by atoms with Gasteiger partial charge in [0.2, 0.25) is 0 Å². The third-order valence-electron chi connectivity index (χ3n) is 3.83. The Hall–Kier alpha value is -2.77. The van der Waals surface area contributed by atoms with Crippen LogP contribution in [0.15, 0.2) is 35.5 Å². The predicted octanol–water partition coefficient (Wildman–Crippen LogP) is 2.87. The first kappa shape index (κ1) is 13.2. The van der Waals surface area contributed by atoms with Crippen LogP contribution in [0.25, 0.3) is 0 Å². The molecule has 1 N–H and O–H groups in total. The number of rotatable bonds is 4. The number of hydrogen-bond acceptors (Lipinski definition) is 6. The quantitative estimate of drug-likeness (QED) is 0.676. The molecule has 0 amide bonds. The third kappa shape index (κ3) is 2.47. The van der Waals surface area contributed by atoms with Gasteiger partial charge >= 0.3 is 5.69 Å². The summed E-state index contributed by atoms with van der Waals surface area (Å²) in [4.78, 5) is 20.3. The molecule has 0 aliphatic heterocycles. The van der Waals surface area contributed by atoms with Crippen molar-refractivity contribution in [2.45, 2.75) is 12.8 Å². The fourth-order valence-corrected chi connectivity index (χ4v) is 2.56. The Morgan fingerprint density at radius 1 is 1.19 bits per heavy atom. The van der Waals surface area contributed by atoms with E-state index < -0.39 is 9.85 Å². The van der Waals surface area contributed by atoms with Gasteiger partial charge in [-0.15, -0.1) is 0 Å². The van der Waals surface area contributed by atoms with E-state index in [-0.39, 0.29) is 17.1 Å². The van der Waals surface area contributed by atoms with Gasteiger partial charge < -0.3 is 0 Å². The molecule has 8 heteroatoms. The molecule has 3 aliphatic rings. The van der Waals surface area contributed by atoms with E-state index in [2.05, 4.69) is 16.6 Å². The maximum atomic E-state index is 11.0. The van der Waals surface area contributed by atoms with Crippen molar-refractivity contribution in [1.29, 1.82) is 0 Å². The lowest BCUT2D eigenvalue weighted by Gasteiger charge is -2.37. The van der Waals surface area contributed by atoms with Crippen LogP contribution in [0.1, 0.15) is 12.8 Å². The highest BCUT2D eigenvalue weighted by atomic mass is 16.6. The first-order valence-corrected chi connectivity index (χ1v) is 6.49. The van der Waals surface area contributed by atoms with Crippen LogP contribution in [0.3, 0.4) is 0 Å². The average molecular weight is 288 g/mol. The predicted molar refractivity (Wildman–Crippen MR) is 76.2 cm³/mol. The second kappa shape index (κ2) is 4.97. The van der Waals surface area contributed by atoms with Crippen molar-refractivity contribution in [3.05, 3.63) is 50.6 Å². The summed E-state index contributed by atoms with van der Waals surface area (Å²) in [5, 5.41) is 25.9. The van der Waals surface area contributed by atoms with Crippen LogP contribution in [0.4, 0.5) is 17.1 Å². The molecular formula is C13H12N4O4. The van der Waals surface area contributed by atoms with Crippen LogP contribution in [0.5, 0.6) is 0 Å². The maximum absolute atomic E-state index is 11.0. The number of fused-ring (bicyclic) bond motifs is 1. The second-order valence-electron chi connectivity index (χ2n) is 5.15. The lowest BCUT2D eigenvalue weighted by molar-refractivity contribution is -0.393. The molecule has 2 bridgehead atoms.